The molecule has 1 fully saturated rings. The van der Waals surface area contributed by atoms with Gasteiger partial charge in [0.05, 0.1) is 11.1 Å². The van der Waals surface area contributed by atoms with Crippen molar-refractivity contribution in [1.29, 1.82) is 0 Å². The number of carbonyl (C=O) groups excluding carboxylic acids is 3. The number of hydrogen-bond donors (Lipinski definition) is 1. The second-order valence-corrected chi connectivity index (χ2v) is 7.41. The maximum Gasteiger partial charge on any atom is 0.261 e. The zero-order chi connectivity index (χ0) is 19.7. The van der Waals surface area contributed by atoms with Gasteiger partial charge in [0.25, 0.3) is 17.7 Å². The van der Waals surface area contributed by atoms with E-state index in [0.717, 1.165) is 18.4 Å². The molecular weight excluding hydrogens is 390 g/mol. The topological polar surface area (TPSA) is 83.7 Å². The van der Waals surface area contributed by atoms with Crippen LogP contribution in [-0.4, -0.2) is 53.2 Å². The highest BCUT2D eigenvalue weighted by Gasteiger charge is 2.36. The maximum absolute atomic E-state index is 12.8. The number of imide groups is 1. The number of nitrogens with two attached hydrogens (primary N) is 1. The molecule has 2 aromatic rings. The highest BCUT2D eigenvalue weighted by atomic mass is 35.5. The Labute approximate surface area is 176 Å². The molecule has 2 aromatic carbocycles. The molecule has 2 N–H and O–H groups in total. The Bertz CT molecular complexity index is 932. The van der Waals surface area contributed by atoms with Crippen LogP contribution >= 0.6 is 12.4 Å². The van der Waals surface area contributed by atoms with Crippen LogP contribution in [0.25, 0.3) is 0 Å². The third kappa shape index (κ3) is 4.18. The van der Waals surface area contributed by atoms with Gasteiger partial charge in [-0.05, 0) is 43.0 Å². The summed E-state index contributed by atoms with van der Waals surface area (Å²) in [6.45, 7) is 1.51. The number of hydrogen-bond acceptors (Lipinski definition) is 4. The van der Waals surface area contributed by atoms with Crippen LogP contribution < -0.4 is 5.73 Å². The molecule has 4 rings (SSSR count). The fourth-order valence-corrected chi connectivity index (χ4v) is 3.89. The largest absolute Gasteiger partial charge is 0.337 e. The average molecular weight is 414 g/mol. The van der Waals surface area contributed by atoms with Gasteiger partial charge in [-0.2, -0.15) is 0 Å². The number of rotatable bonds is 4. The number of amides is 3. The Morgan fingerprint density at radius 1 is 1.03 bits per heavy atom. The smallest absolute Gasteiger partial charge is 0.261 e. The number of piperidine rings is 1. The van der Waals surface area contributed by atoms with Crippen molar-refractivity contribution in [3.05, 3.63) is 70.8 Å². The minimum atomic E-state index is -0.332. The van der Waals surface area contributed by atoms with Crippen LogP contribution in [0.2, 0.25) is 0 Å². The van der Waals surface area contributed by atoms with Crippen molar-refractivity contribution in [1.82, 2.24) is 9.80 Å². The molecular formula is C22H24ClN3O3. The van der Waals surface area contributed by atoms with Crippen LogP contribution in [0.3, 0.4) is 0 Å². The van der Waals surface area contributed by atoms with E-state index in [2.05, 4.69) is 0 Å². The number of halogens is 1. The number of carbonyl (C=O) groups is 3. The van der Waals surface area contributed by atoms with Gasteiger partial charge < -0.3 is 10.6 Å². The molecule has 7 heteroatoms. The second kappa shape index (κ2) is 8.76. The molecule has 3 amide bonds. The van der Waals surface area contributed by atoms with Gasteiger partial charge in [-0.3, -0.25) is 19.3 Å². The van der Waals surface area contributed by atoms with E-state index >= 15 is 0 Å². The van der Waals surface area contributed by atoms with Crippen LogP contribution in [-0.2, 0) is 6.42 Å². The minimum absolute atomic E-state index is 0. The van der Waals surface area contributed by atoms with Gasteiger partial charge in [0, 0.05) is 31.2 Å². The molecule has 0 aromatic heterocycles. The summed E-state index contributed by atoms with van der Waals surface area (Å²) in [4.78, 5) is 41.2. The number of benzene rings is 2. The van der Waals surface area contributed by atoms with Crippen LogP contribution in [0, 0.1) is 0 Å². The van der Waals surface area contributed by atoms with E-state index in [1.807, 2.05) is 30.3 Å². The van der Waals surface area contributed by atoms with Gasteiger partial charge in [-0.15, -0.1) is 12.4 Å². The number of nitrogens with zero attached hydrogens (tertiary/aromatic N) is 2. The van der Waals surface area contributed by atoms with Crippen molar-refractivity contribution in [2.75, 3.05) is 19.6 Å². The van der Waals surface area contributed by atoms with E-state index in [1.54, 1.807) is 23.1 Å². The molecule has 1 atom stereocenters. The molecule has 2 aliphatic heterocycles. The maximum atomic E-state index is 12.8. The lowest BCUT2D eigenvalue weighted by Crippen LogP contribution is -2.45. The van der Waals surface area contributed by atoms with Crippen LogP contribution in [0.4, 0.5) is 0 Å². The molecule has 0 saturated carbocycles. The molecule has 0 aliphatic carbocycles. The van der Waals surface area contributed by atoms with Crippen molar-refractivity contribution >= 4 is 30.1 Å². The summed E-state index contributed by atoms with van der Waals surface area (Å²) in [7, 11) is 0. The van der Waals surface area contributed by atoms with Crippen molar-refractivity contribution in [2.24, 2.45) is 5.73 Å². The first-order chi connectivity index (χ1) is 13.5. The minimum Gasteiger partial charge on any atom is -0.337 e. The quantitative estimate of drug-likeness (QED) is 0.780. The Morgan fingerprint density at radius 2 is 1.76 bits per heavy atom. The molecule has 29 heavy (non-hydrogen) atoms. The van der Waals surface area contributed by atoms with Crippen LogP contribution in [0.5, 0.6) is 0 Å². The molecule has 1 unspecified atom stereocenters. The molecule has 152 valence electrons. The van der Waals surface area contributed by atoms with Gasteiger partial charge >= 0.3 is 0 Å². The lowest BCUT2D eigenvalue weighted by Gasteiger charge is -2.30. The molecule has 0 bridgehead atoms. The SMILES string of the molecule is Cl.NC1CCCN(C(=O)c2ccc3c(c2)C(=O)N(CCc2ccccc2)C3=O)C1. The summed E-state index contributed by atoms with van der Waals surface area (Å²) in [5, 5.41) is 0. The van der Waals surface area contributed by atoms with Crippen molar-refractivity contribution < 1.29 is 14.4 Å². The predicted molar refractivity (Wildman–Crippen MR) is 112 cm³/mol. The first-order valence-corrected chi connectivity index (χ1v) is 9.63. The van der Waals surface area contributed by atoms with Crippen LogP contribution in [0.1, 0.15) is 49.5 Å². The first-order valence-electron chi connectivity index (χ1n) is 9.63. The predicted octanol–water partition coefficient (Wildman–Crippen LogP) is 2.51. The summed E-state index contributed by atoms with van der Waals surface area (Å²) < 4.78 is 0. The monoisotopic (exact) mass is 413 g/mol. The van der Waals surface area contributed by atoms with Gasteiger partial charge in [0.15, 0.2) is 0 Å². The second-order valence-electron chi connectivity index (χ2n) is 7.41. The van der Waals surface area contributed by atoms with Crippen molar-refractivity contribution in [3.63, 3.8) is 0 Å². The normalized spacial score (nSPS) is 18.4. The summed E-state index contributed by atoms with van der Waals surface area (Å²) >= 11 is 0. The van der Waals surface area contributed by atoms with E-state index in [9.17, 15) is 14.4 Å². The number of fused-ring (bicyclic) bond motifs is 1. The summed E-state index contributed by atoms with van der Waals surface area (Å²) in [5.74, 6) is -0.767. The Balaban J connectivity index is 0.00000240. The third-order valence-electron chi connectivity index (χ3n) is 5.43. The summed E-state index contributed by atoms with van der Waals surface area (Å²) in [6, 6.07) is 14.5. The van der Waals surface area contributed by atoms with Gasteiger partial charge in [0.2, 0.25) is 0 Å². The van der Waals surface area contributed by atoms with Gasteiger partial charge in [-0.25, -0.2) is 0 Å². The average Bonchev–Trinajstić information content (AvgIpc) is 2.96. The molecule has 2 aliphatic rings. The molecule has 0 radical (unpaired) electrons. The summed E-state index contributed by atoms with van der Waals surface area (Å²) in [6.07, 6.45) is 2.39. The van der Waals surface area contributed by atoms with E-state index in [1.165, 1.54) is 4.90 Å². The van der Waals surface area contributed by atoms with E-state index in [-0.39, 0.29) is 36.2 Å². The Kier molecular flexibility index (Phi) is 6.35. The third-order valence-corrected chi connectivity index (χ3v) is 5.43. The summed E-state index contributed by atoms with van der Waals surface area (Å²) in [5.41, 5.74) is 8.14. The van der Waals surface area contributed by atoms with E-state index in [0.29, 0.717) is 42.7 Å². The standard InChI is InChI=1S/C22H23N3O3.ClH/c23-17-7-4-11-24(14-17)20(26)16-8-9-18-19(13-16)22(28)25(21(18)27)12-10-15-5-2-1-3-6-15;/h1-3,5-6,8-9,13,17H,4,7,10-12,14,23H2;1H. The molecule has 0 spiro atoms. The van der Waals surface area contributed by atoms with Crippen molar-refractivity contribution in [2.45, 2.75) is 25.3 Å². The Morgan fingerprint density at radius 3 is 2.48 bits per heavy atom. The van der Waals surface area contributed by atoms with Crippen LogP contribution in [0.15, 0.2) is 48.5 Å². The fraction of sp³-hybridized carbons (Fsp3) is 0.318. The lowest BCUT2D eigenvalue weighted by molar-refractivity contribution is 0.0655. The lowest BCUT2D eigenvalue weighted by atomic mass is 10.0. The first kappa shape index (κ1) is 21.0. The zero-order valence-electron chi connectivity index (χ0n) is 16.0. The van der Waals surface area contributed by atoms with Crippen molar-refractivity contribution in [3.8, 4) is 0 Å². The molecule has 6 nitrogen and oxygen atoms in total. The van der Waals surface area contributed by atoms with E-state index < -0.39 is 0 Å². The van der Waals surface area contributed by atoms with Gasteiger partial charge in [-0.1, -0.05) is 30.3 Å². The van der Waals surface area contributed by atoms with Gasteiger partial charge in [0.1, 0.15) is 0 Å². The zero-order valence-corrected chi connectivity index (χ0v) is 16.9. The van der Waals surface area contributed by atoms with E-state index in [4.69, 9.17) is 5.73 Å². The molecule has 1 saturated heterocycles. The number of likely N-dealkylation sites (tertiary alicyclic amines) is 1. The highest BCUT2D eigenvalue weighted by molar-refractivity contribution is 6.22. The fourth-order valence-electron chi connectivity index (χ4n) is 3.89. The Hall–Kier alpha value is -2.70. The highest BCUT2D eigenvalue weighted by Crippen LogP contribution is 2.25. The molecule has 2 heterocycles.